The fourth-order valence-electron chi connectivity index (χ4n) is 4.77. The number of carbonyl (C=O) groups is 2. The molecule has 0 aromatic heterocycles. The van der Waals surface area contributed by atoms with Gasteiger partial charge in [-0.25, -0.2) is 4.79 Å². The van der Waals surface area contributed by atoms with E-state index < -0.39 is 11.9 Å². The first kappa shape index (κ1) is 21.9. The normalized spacial score (nSPS) is 20.7. The number of rotatable bonds is 5. The molecule has 5 heteroatoms. The first-order valence-electron chi connectivity index (χ1n) is 11.0. The number of benzene rings is 2. The summed E-state index contributed by atoms with van der Waals surface area (Å²) < 4.78 is 11.2. The van der Waals surface area contributed by atoms with Crippen molar-refractivity contribution in [3.8, 4) is 5.75 Å². The Kier molecular flexibility index (Phi) is 6.17. The molecule has 1 aliphatic carbocycles. The number of allylic oxidation sites excluding steroid dienone is 3. The van der Waals surface area contributed by atoms with E-state index in [2.05, 4.69) is 17.4 Å². The SMILES string of the molecule is COC(=O)C1=C(C)NC2=C(C(=O)C[C@@H](c3ccccc3)C2)[C@H]1c1ccccc1OC(C)C. The van der Waals surface area contributed by atoms with Crippen molar-refractivity contribution in [2.24, 2.45) is 0 Å². The van der Waals surface area contributed by atoms with Crippen molar-refractivity contribution >= 4 is 11.8 Å². The molecule has 1 aliphatic heterocycles. The highest BCUT2D eigenvalue weighted by molar-refractivity contribution is 6.04. The van der Waals surface area contributed by atoms with Crippen LogP contribution in [0.15, 0.2) is 77.1 Å². The highest BCUT2D eigenvalue weighted by Crippen LogP contribution is 2.47. The van der Waals surface area contributed by atoms with E-state index in [4.69, 9.17) is 9.47 Å². The third-order valence-electron chi connectivity index (χ3n) is 6.10. The molecule has 0 saturated heterocycles. The summed E-state index contributed by atoms with van der Waals surface area (Å²) in [5.41, 5.74) is 4.64. The number of para-hydroxylation sites is 1. The van der Waals surface area contributed by atoms with Crippen molar-refractivity contribution in [3.05, 3.63) is 88.3 Å². The van der Waals surface area contributed by atoms with Crippen LogP contribution in [0.4, 0.5) is 0 Å². The number of esters is 1. The minimum Gasteiger partial charge on any atom is -0.491 e. The van der Waals surface area contributed by atoms with E-state index in [1.165, 1.54) is 7.11 Å². The molecule has 1 heterocycles. The van der Waals surface area contributed by atoms with Crippen molar-refractivity contribution in [1.82, 2.24) is 5.32 Å². The lowest BCUT2D eigenvalue weighted by Gasteiger charge is -2.37. The van der Waals surface area contributed by atoms with Crippen LogP contribution in [0.25, 0.3) is 0 Å². The van der Waals surface area contributed by atoms with Crippen molar-refractivity contribution in [1.29, 1.82) is 0 Å². The predicted octanol–water partition coefficient (Wildman–Crippen LogP) is 5.01. The molecule has 0 spiro atoms. The van der Waals surface area contributed by atoms with Gasteiger partial charge in [-0.2, -0.15) is 0 Å². The molecule has 2 aliphatic rings. The fourth-order valence-corrected chi connectivity index (χ4v) is 4.77. The Morgan fingerprint density at radius 1 is 1.03 bits per heavy atom. The molecule has 0 amide bonds. The van der Waals surface area contributed by atoms with Gasteiger partial charge in [0.2, 0.25) is 0 Å². The molecule has 2 aromatic carbocycles. The number of dihydropyridines is 1. The van der Waals surface area contributed by atoms with E-state index in [-0.39, 0.29) is 17.8 Å². The molecule has 0 fully saturated rings. The average molecular weight is 432 g/mol. The van der Waals surface area contributed by atoms with Gasteiger partial charge < -0.3 is 14.8 Å². The third kappa shape index (κ3) is 4.07. The summed E-state index contributed by atoms with van der Waals surface area (Å²) in [6.07, 6.45) is 1.07. The molecule has 0 unspecified atom stereocenters. The second-order valence-electron chi connectivity index (χ2n) is 8.62. The van der Waals surface area contributed by atoms with E-state index in [9.17, 15) is 9.59 Å². The number of hydrogen-bond acceptors (Lipinski definition) is 5. The second-order valence-corrected chi connectivity index (χ2v) is 8.62. The van der Waals surface area contributed by atoms with Crippen LogP contribution < -0.4 is 10.1 Å². The summed E-state index contributed by atoms with van der Waals surface area (Å²) in [6, 6.07) is 17.8. The van der Waals surface area contributed by atoms with E-state index in [0.29, 0.717) is 35.4 Å². The Morgan fingerprint density at radius 3 is 2.41 bits per heavy atom. The summed E-state index contributed by atoms with van der Waals surface area (Å²) in [6.45, 7) is 5.79. The topological polar surface area (TPSA) is 64.6 Å². The van der Waals surface area contributed by atoms with Gasteiger partial charge in [0.15, 0.2) is 5.78 Å². The monoisotopic (exact) mass is 431 g/mol. The number of nitrogens with one attached hydrogen (secondary N) is 1. The van der Waals surface area contributed by atoms with Crippen LogP contribution in [-0.4, -0.2) is 25.0 Å². The Labute approximate surface area is 189 Å². The van der Waals surface area contributed by atoms with E-state index >= 15 is 0 Å². The lowest BCUT2D eigenvalue weighted by atomic mass is 9.71. The maximum Gasteiger partial charge on any atom is 0.336 e. The largest absolute Gasteiger partial charge is 0.491 e. The van der Waals surface area contributed by atoms with Crippen molar-refractivity contribution < 1.29 is 19.1 Å². The smallest absolute Gasteiger partial charge is 0.336 e. The zero-order valence-electron chi connectivity index (χ0n) is 19.0. The van der Waals surface area contributed by atoms with Crippen LogP contribution in [0.5, 0.6) is 5.75 Å². The van der Waals surface area contributed by atoms with Gasteiger partial charge in [0.25, 0.3) is 0 Å². The standard InChI is InChI=1S/C27H29NO4/c1-16(2)32-23-13-9-8-12-20(23)25-24(27(30)31-4)17(3)28-21-14-19(15-22(29)26(21)25)18-10-6-5-7-11-18/h5-13,16,19,25,28H,14-15H2,1-4H3/t19-,25-/m0/s1. The molecule has 2 atom stereocenters. The third-order valence-corrected chi connectivity index (χ3v) is 6.10. The Morgan fingerprint density at radius 2 is 1.72 bits per heavy atom. The van der Waals surface area contributed by atoms with Gasteiger partial charge in [0, 0.05) is 29.0 Å². The van der Waals surface area contributed by atoms with E-state index in [0.717, 1.165) is 16.8 Å². The van der Waals surface area contributed by atoms with Gasteiger partial charge in [0.1, 0.15) is 5.75 Å². The first-order chi connectivity index (χ1) is 15.4. The van der Waals surface area contributed by atoms with Crippen LogP contribution in [-0.2, 0) is 14.3 Å². The predicted molar refractivity (Wildman–Crippen MR) is 123 cm³/mol. The second kappa shape index (κ2) is 9.03. The van der Waals surface area contributed by atoms with Crippen LogP contribution in [0, 0.1) is 0 Å². The summed E-state index contributed by atoms with van der Waals surface area (Å²) in [5, 5.41) is 3.37. The van der Waals surface area contributed by atoms with Gasteiger partial charge in [-0.15, -0.1) is 0 Å². The molecular formula is C27H29NO4. The van der Waals surface area contributed by atoms with E-state index in [1.54, 1.807) is 0 Å². The molecule has 166 valence electrons. The van der Waals surface area contributed by atoms with Gasteiger partial charge >= 0.3 is 5.97 Å². The Hall–Kier alpha value is -3.34. The maximum absolute atomic E-state index is 13.6. The fraction of sp³-hybridized carbons (Fsp3) is 0.333. The average Bonchev–Trinajstić information content (AvgIpc) is 2.78. The van der Waals surface area contributed by atoms with Crippen LogP contribution in [0.2, 0.25) is 0 Å². The van der Waals surface area contributed by atoms with Crippen LogP contribution in [0.3, 0.4) is 0 Å². The molecule has 2 aromatic rings. The molecule has 1 N–H and O–H groups in total. The number of ketones is 1. The molecule has 0 radical (unpaired) electrons. The zero-order chi connectivity index (χ0) is 22.8. The molecule has 0 bridgehead atoms. The van der Waals surface area contributed by atoms with Crippen molar-refractivity contribution in [2.45, 2.75) is 51.6 Å². The highest BCUT2D eigenvalue weighted by atomic mass is 16.5. The number of methoxy groups -OCH3 is 1. The lowest BCUT2D eigenvalue weighted by molar-refractivity contribution is -0.136. The van der Waals surface area contributed by atoms with E-state index in [1.807, 2.05) is 63.2 Å². The first-order valence-corrected chi connectivity index (χ1v) is 11.0. The Balaban J connectivity index is 1.85. The quantitative estimate of drug-likeness (QED) is 0.675. The molecular weight excluding hydrogens is 402 g/mol. The van der Waals surface area contributed by atoms with Crippen LogP contribution in [0.1, 0.15) is 56.6 Å². The van der Waals surface area contributed by atoms with Gasteiger partial charge in [-0.3, -0.25) is 4.79 Å². The van der Waals surface area contributed by atoms with Crippen molar-refractivity contribution in [3.63, 3.8) is 0 Å². The number of hydrogen-bond donors (Lipinski definition) is 1. The van der Waals surface area contributed by atoms with Gasteiger partial charge in [0.05, 0.1) is 24.7 Å². The summed E-state index contributed by atoms with van der Waals surface area (Å²) in [5.74, 6) is -0.147. The molecule has 32 heavy (non-hydrogen) atoms. The van der Waals surface area contributed by atoms with Crippen molar-refractivity contribution in [2.75, 3.05) is 7.11 Å². The Bertz CT molecular complexity index is 1100. The van der Waals surface area contributed by atoms with Gasteiger partial charge in [-0.1, -0.05) is 48.5 Å². The molecule has 5 nitrogen and oxygen atoms in total. The van der Waals surface area contributed by atoms with Gasteiger partial charge in [-0.05, 0) is 44.7 Å². The number of Topliss-reactive ketones (excluding diaryl/α,β-unsaturated/α-hetero) is 1. The zero-order valence-corrected chi connectivity index (χ0v) is 19.0. The summed E-state index contributed by atoms with van der Waals surface area (Å²) in [4.78, 5) is 26.4. The highest BCUT2D eigenvalue weighted by Gasteiger charge is 2.42. The minimum absolute atomic E-state index is 0.0394. The summed E-state index contributed by atoms with van der Waals surface area (Å²) >= 11 is 0. The molecule has 4 rings (SSSR count). The lowest BCUT2D eigenvalue weighted by Crippen LogP contribution is -2.36. The molecule has 0 saturated carbocycles. The van der Waals surface area contributed by atoms with Crippen LogP contribution >= 0.6 is 0 Å². The maximum atomic E-state index is 13.6. The minimum atomic E-state index is -0.530. The summed E-state index contributed by atoms with van der Waals surface area (Å²) in [7, 11) is 1.37. The number of ether oxygens (including phenoxy) is 2. The number of carbonyl (C=O) groups excluding carboxylic acids is 2.